The van der Waals surface area contributed by atoms with Crippen molar-refractivity contribution in [3.63, 3.8) is 0 Å². The number of furan rings is 1. The van der Waals surface area contributed by atoms with Gasteiger partial charge in [-0.15, -0.1) is 0 Å². The molecule has 1 aliphatic rings. The molecule has 0 radical (unpaired) electrons. The van der Waals surface area contributed by atoms with Crippen molar-refractivity contribution in [2.45, 2.75) is 46.0 Å². The minimum absolute atomic E-state index is 0.176. The molecule has 1 aromatic heterocycles. The van der Waals surface area contributed by atoms with Crippen LogP contribution in [0.1, 0.15) is 59.2 Å². The van der Waals surface area contributed by atoms with Gasteiger partial charge in [0.25, 0.3) is 0 Å². The van der Waals surface area contributed by atoms with Gasteiger partial charge >= 0.3 is 5.97 Å². The van der Waals surface area contributed by atoms with Crippen LogP contribution in [-0.4, -0.2) is 24.2 Å². The monoisotopic (exact) mass is 368 g/mol. The molecule has 1 amide bonds. The second-order valence-corrected chi connectivity index (χ2v) is 6.60. The van der Waals surface area contributed by atoms with E-state index in [9.17, 15) is 9.59 Å². The molecule has 0 saturated carbocycles. The number of hydrazone groups is 1. The van der Waals surface area contributed by atoms with Crippen molar-refractivity contribution >= 4 is 17.6 Å². The molecule has 27 heavy (non-hydrogen) atoms. The van der Waals surface area contributed by atoms with Crippen LogP contribution in [0.2, 0.25) is 0 Å². The maximum absolute atomic E-state index is 12.2. The third-order valence-electron chi connectivity index (χ3n) is 4.47. The number of esters is 1. The van der Waals surface area contributed by atoms with Crippen LogP contribution < -0.4 is 5.43 Å². The first kappa shape index (κ1) is 18.9. The van der Waals surface area contributed by atoms with Gasteiger partial charge in [-0.3, -0.25) is 4.79 Å². The fourth-order valence-corrected chi connectivity index (χ4v) is 3.19. The minimum atomic E-state index is -0.448. The first-order valence-corrected chi connectivity index (χ1v) is 9.29. The summed E-state index contributed by atoms with van der Waals surface area (Å²) in [6, 6.07) is 9.52. The highest BCUT2D eigenvalue weighted by Crippen LogP contribution is 2.30. The first-order valence-electron chi connectivity index (χ1n) is 9.29. The van der Waals surface area contributed by atoms with E-state index in [4.69, 9.17) is 9.15 Å². The number of nitrogens with zero attached hydrogens (tertiary/aromatic N) is 1. The van der Waals surface area contributed by atoms with Gasteiger partial charge in [-0.2, -0.15) is 5.10 Å². The third kappa shape index (κ3) is 4.45. The highest BCUT2D eigenvalue weighted by Gasteiger charge is 2.28. The number of hydrogen-bond acceptors (Lipinski definition) is 5. The summed E-state index contributed by atoms with van der Waals surface area (Å²) in [7, 11) is 0. The zero-order valence-electron chi connectivity index (χ0n) is 15.7. The van der Waals surface area contributed by atoms with E-state index in [-0.39, 0.29) is 18.1 Å². The van der Waals surface area contributed by atoms with Crippen LogP contribution in [0.3, 0.4) is 0 Å². The van der Waals surface area contributed by atoms with E-state index in [0.717, 1.165) is 53.8 Å². The molecule has 0 unspecified atom stereocenters. The molecule has 0 spiro atoms. The van der Waals surface area contributed by atoms with Gasteiger partial charge in [0.1, 0.15) is 5.76 Å². The lowest BCUT2D eigenvalue weighted by molar-refractivity contribution is -0.120. The van der Waals surface area contributed by atoms with Crippen LogP contribution >= 0.6 is 0 Å². The molecular weight excluding hydrogens is 344 g/mol. The Morgan fingerprint density at radius 3 is 2.74 bits per heavy atom. The molecule has 1 aliphatic carbocycles. The predicted molar refractivity (Wildman–Crippen MR) is 102 cm³/mol. The zero-order valence-corrected chi connectivity index (χ0v) is 15.7. The van der Waals surface area contributed by atoms with Crippen LogP contribution in [0.5, 0.6) is 0 Å². The summed E-state index contributed by atoms with van der Waals surface area (Å²) in [6.45, 7) is 4.13. The van der Waals surface area contributed by atoms with Gasteiger partial charge < -0.3 is 9.15 Å². The van der Waals surface area contributed by atoms with Gasteiger partial charge in [0, 0.05) is 17.5 Å². The van der Waals surface area contributed by atoms with E-state index in [1.54, 1.807) is 0 Å². The number of benzene rings is 1. The molecule has 6 nitrogen and oxygen atoms in total. The van der Waals surface area contributed by atoms with Gasteiger partial charge in [0.05, 0.1) is 18.7 Å². The zero-order chi connectivity index (χ0) is 19.2. The van der Waals surface area contributed by atoms with Gasteiger partial charge in [-0.05, 0) is 31.7 Å². The highest BCUT2D eigenvalue weighted by atomic mass is 16.5. The molecule has 0 bridgehead atoms. The average Bonchev–Trinajstić information content (AvgIpc) is 3.02. The van der Waals surface area contributed by atoms with Gasteiger partial charge in [-0.1, -0.05) is 37.3 Å². The maximum atomic E-state index is 12.2. The smallest absolute Gasteiger partial charge is 0.374 e. The molecule has 0 saturated heterocycles. The van der Waals surface area contributed by atoms with Crippen molar-refractivity contribution in [3.05, 3.63) is 58.5 Å². The Labute approximate surface area is 158 Å². The average molecular weight is 368 g/mol. The van der Waals surface area contributed by atoms with E-state index < -0.39 is 5.97 Å². The van der Waals surface area contributed by atoms with E-state index in [1.807, 2.05) is 44.2 Å². The number of ether oxygens (including phenoxy) is 1. The molecule has 2 aromatic rings. The number of rotatable bonds is 6. The summed E-state index contributed by atoms with van der Waals surface area (Å²) in [5.41, 5.74) is 5.86. The van der Waals surface area contributed by atoms with Crippen LogP contribution in [0.25, 0.3) is 0 Å². The van der Waals surface area contributed by atoms with Crippen LogP contribution in [-0.2, 0) is 22.4 Å². The van der Waals surface area contributed by atoms with Gasteiger partial charge in [-0.25, -0.2) is 10.2 Å². The molecule has 0 atom stereocenters. The predicted octanol–water partition coefficient (Wildman–Crippen LogP) is 3.55. The Balaban J connectivity index is 1.75. The van der Waals surface area contributed by atoms with Crippen LogP contribution in [0.15, 0.2) is 39.9 Å². The SMILES string of the molecule is CCCOC(=O)c1oc2c(c1C)/C(=N/NC(=O)Cc1ccccc1)CCC2. The number of carbonyl (C=O) groups is 2. The maximum Gasteiger partial charge on any atom is 0.374 e. The van der Waals surface area contributed by atoms with Crippen LogP contribution in [0, 0.1) is 6.92 Å². The quantitative estimate of drug-likeness (QED) is 0.624. The topological polar surface area (TPSA) is 80.9 Å². The summed E-state index contributed by atoms with van der Waals surface area (Å²) in [5.74, 6) is 0.345. The lowest BCUT2D eigenvalue weighted by Gasteiger charge is -2.13. The lowest BCUT2D eigenvalue weighted by Crippen LogP contribution is -2.23. The largest absolute Gasteiger partial charge is 0.460 e. The normalized spacial score (nSPS) is 14.7. The highest BCUT2D eigenvalue weighted by molar-refractivity contribution is 6.06. The summed E-state index contributed by atoms with van der Waals surface area (Å²) < 4.78 is 11.0. The van der Waals surface area contributed by atoms with Crippen molar-refractivity contribution in [2.24, 2.45) is 5.10 Å². The number of nitrogens with one attached hydrogen (secondary N) is 1. The summed E-state index contributed by atoms with van der Waals surface area (Å²) in [6.07, 6.45) is 3.35. The standard InChI is InChI=1S/C21H24N2O4/c1-3-12-26-21(25)20-14(2)19-16(10-7-11-17(19)27-20)22-23-18(24)13-15-8-5-4-6-9-15/h4-6,8-9H,3,7,10-13H2,1-2H3,(H,23,24)/b22-16+. The van der Waals surface area contributed by atoms with Crippen LogP contribution in [0.4, 0.5) is 0 Å². The Hall–Kier alpha value is -2.89. The Morgan fingerprint density at radius 2 is 2.00 bits per heavy atom. The van der Waals surface area contributed by atoms with Crippen molar-refractivity contribution in [3.8, 4) is 0 Å². The Morgan fingerprint density at radius 1 is 1.22 bits per heavy atom. The molecule has 1 aromatic carbocycles. The number of aryl methyl sites for hydroxylation is 1. The lowest BCUT2D eigenvalue weighted by atomic mass is 9.93. The number of fused-ring (bicyclic) bond motifs is 1. The third-order valence-corrected chi connectivity index (χ3v) is 4.47. The second kappa shape index (κ2) is 8.66. The molecule has 142 valence electrons. The molecule has 0 aliphatic heterocycles. The van der Waals surface area contributed by atoms with Gasteiger partial charge in [0.2, 0.25) is 11.7 Å². The molecular formula is C21H24N2O4. The molecule has 6 heteroatoms. The second-order valence-electron chi connectivity index (χ2n) is 6.60. The van der Waals surface area contributed by atoms with E-state index in [1.165, 1.54) is 0 Å². The van der Waals surface area contributed by atoms with Crippen molar-refractivity contribution in [1.29, 1.82) is 0 Å². The van der Waals surface area contributed by atoms with Gasteiger partial charge in [0.15, 0.2) is 0 Å². The van der Waals surface area contributed by atoms with Crippen molar-refractivity contribution < 1.29 is 18.7 Å². The fourth-order valence-electron chi connectivity index (χ4n) is 3.19. The molecule has 0 fully saturated rings. The minimum Gasteiger partial charge on any atom is -0.460 e. The number of carbonyl (C=O) groups excluding carboxylic acids is 2. The Kier molecular flexibility index (Phi) is 6.06. The van der Waals surface area contributed by atoms with E-state index >= 15 is 0 Å². The molecule has 3 rings (SSSR count). The van der Waals surface area contributed by atoms with E-state index in [2.05, 4.69) is 10.5 Å². The summed E-state index contributed by atoms with van der Waals surface area (Å²) in [5, 5.41) is 4.32. The number of amides is 1. The summed E-state index contributed by atoms with van der Waals surface area (Å²) in [4.78, 5) is 24.4. The summed E-state index contributed by atoms with van der Waals surface area (Å²) >= 11 is 0. The van der Waals surface area contributed by atoms with E-state index in [0.29, 0.717) is 6.61 Å². The Bertz CT molecular complexity index is 853. The first-order chi connectivity index (χ1) is 13.1. The molecule has 1 N–H and O–H groups in total. The molecule has 1 heterocycles. The van der Waals surface area contributed by atoms with Crippen molar-refractivity contribution in [2.75, 3.05) is 6.61 Å². The fraction of sp³-hybridized carbons (Fsp3) is 0.381. The van der Waals surface area contributed by atoms with Crippen molar-refractivity contribution in [1.82, 2.24) is 5.43 Å². The number of hydrogen-bond donors (Lipinski definition) is 1.